The Labute approximate surface area is 205 Å². The number of thioether (sulfide) groups is 1. The van der Waals surface area contributed by atoms with Gasteiger partial charge in [-0.1, -0.05) is 59.8 Å². The second-order valence-electron chi connectivity index (χ2n) is 7.68. The van der Waals surface area contributed by atoms with Gasteiger partial charge < -0.3 is 0 Å². The monoisotopic (exact) mass is 488 g/mol. The largest absolute Gasteiger partial charge is 0.296 e. The van der Waals surface area contributed by atoms with E-state index in [0.717, 1.165) is 16.9 Å². The predicted molar refractivity (Wildman–Crippen MR) is 135 cm³/mol. The van der Waals surface area contributed by atoms with Gasteiger partial charge in [0.1, 0.15) is 5.69 Å². The second-order valence-corrected chi connectivity index (χ2v) is 9.03. The third-order valence-corrected chi connectivity index (χ3v) is 6.92. The fourth-order valence-electron chi connectivity index (χ4n) is 3.83. The molecule has 0 amide bonds. The predicted octanol–water partition coefficient (Wildman–Crippen LogP) is 5.07. The van der Waals surface area contributed by atoms with Crippen molar-refractivity contribution in [2.75, 3.05) is 0 Å². The van der Waals surface area contributed by atoms with E-state index in [9.17, 15) is 4.79 Å². The smallest absolute Gasteiger partial charge is 0.283 e. The topological polar surface area (TPSA) is 70.5 Å². The van der Waals surface area contributed by atoms with E-state index < -0.39 is 0 Å². The van der Waals surface area contributed by atoms with Crippen molar-refractivity contribution >= 4 is 23.4 Å². The number of hydrogen-bond acceptors (Lipinski definition) is 5. The molecule has 5 aromatic rings. The van der Waals surface area contributed by atoms with Crippen LogP contribution in [0.15, 0.2) is 89.1 Å². The first-order valence-electron chi connectivity index (χ1n) is 10.6. The van der Waals surface area contributed by atoms with E-state index in [1.165, 1.54) is 11.8 Å². The standard InChI is InChI=1S/C25H21ClN6OS/c1-17-22(24(33)32(30(17)2)19-10-4-3-5-11-19)31-23(20-12-6-7-13-21(20)26)28-29-25(31)34-16-18-9-8-14-27-15-18/h3-15H,16H2,1-2H3. The molecule has 170 valence electrons. The van der Waals surface area contributed by atoms with Crippen LogP contribution >= 0.6 is 23.4 Å². The van der Waals surface area contributed by atoms with Gasteiger partial charge in [-0.15, -0.1) is 10.2 Å². The SMILES string of the molecule is Cc1c(-n2c(SCc3cccnc3)nnc2-c2ccccc2Cl)c(=O)n(-c2ccccc2)n1C. The lowest BCUT2D eigenvalue weighted by Crippen LogP contribution is -2.21. The lowest BCUT2D eigenvalue weighted by molar-refractivity contribution is 0.630. The summed E-state index contributed by atoms with van der Waals surface area (Å²) in [5.41, 5.74) is 3.64. The Morgan fingerprint density at radius 2 is 1.74 bits per heavy atom. The highest BCUT2D eigenvalue weighted by atomic mass is 35.5. The van der Waals surface area contributed by atoms with Crippen molar-refractivity contribution in [3.8, 4) is 22.8 Å². The Balaban J connectivity index is 1.71. The van der Waals surface area contributed by atoms with Crippen molar-refractivity contribution in [2.45, 2.75) is 17.8 Å². The highest BCUT2D eigenvalue weighted by molar-refractivity contribution is 7.98. The molecule has 0 spiro atoms. The average molecular weight is 489 g/mol. The zero-order valence-corrected chi connectivity index (χ0v) is 20.2. The molecule has 0 aliphatic heterocycles. The molecule has 0 aliphatic rings. The summed E-state index contributed by atoms with van der Waals surface area (Å²) < 4.78 is 5.31. The van der Waals surface area contributed by atoms with Gasteiger partial charge in [0.05, 0.1) is 16.4 Å². The minimum Gasteiger partial charge on any atom is -0.283 e. The number of aromatic nitrogens is 6. The van der Waals surface area contributed by atoms with Crippen LogP contribution in [0.25, 0.3) is 22.8 Å². The van der Waals surface area contributed by atoms with Gasteiger partial charge in [-0.25, -0.2) is 4.68 Å². The molecular formula is C25H21ClN6OS. The fraction of sp³-hybridized carbons (Fsp3) is 0.120. The maximum Gasteiger partial charge on any atom is 0.296 e. The Morgan fingerprint density at radius 1 is 0.971 bits per heavy atom. The van der Waals surface area contributed by atoms with E-state index in [1.54, 1.807) is 16.9 Å². The van der Waals surface area contributed by atoms with E-state index >= 15 is 0 Å². The van der Waals surface area contributed by atoms with Gasteiger partial charge in [0, 0.05) is 30.8 Å². The maximum atomic E-state index is 13.8. The van der Waals surface area contributed by atoms with E-state index in [1.807, 2.05) is 90.1 Å². The molecule has 3 aromatic heterocycles. The number of nitrogens with zero attached hydrogens (tertiary/aromatic N) is 6. The molecule has 0 N–H and O–H groups in total. The lowest BCUT2D eigenvalue weighted by Gasteiger charge is -2.10. The minimum absolute atomic E-state index is 0.164. The summed E-state index contributed by atoms with van der Waals surface area (Å²) in [5.74, 6) is 1.15. The van der Waals surface area contributed by atoms with Crippen LogP contribution in [0.2, 0.25) is 5.02 Å². The van der Waals surface area contributed by atoms with E-state index in [0.29, 0.717) is 33.0 Å². The van der Waals surface area contributed by atoms with Gasteiger partial charge in [0.2, 0.25) is 0 Å². The molecular weight excluding hydrogens is 468 g/mol. The molecule has 0 atom stereocenters. The van der Waals surface area contributed by atoms with Crippen molar-refractivity contribution in [1.82, 2.24) is 29.1 Å². The summed E-state index contributed by atoms with van der Waals surface area (Å²) in [6.45, 7) is 1.92. The van der Waals surface area contributed by atoms with Gasteiger partial charge in [-0.2, -0.15) is 0 Å². The van der Waals surface area contributed by atoms with Crippen LogP contribution in [0.1, 0.15) is 11.3 Å². The van der Waals surface area contributed by atoms with Crippen LogP contribution < -0.4 is 5.56 Å². The Kier molecular flexibility index (Phi) is 6.08. The van der Waals surface area contributed by atoms with Crippen molar-refractivity contribution in [2.24, 2.45) is 7.05 Å². The summed E-state index contributed by atoms with van der Waals surface area (Å²) >= 11 is 8.02. The van der Waals surface area contributed by atoms with E-state index in [-0.39, 0.29) is 5.56 Å². The van der Waals surface area contributed by atoms with Crippen LogP contribution in [-0.4, -0.2) is 29.1 Å². The molecule has 2 aromatic carbocycles. The summed E-state index contributed by atoms with van der Waals surface area (Å²) in [6, 6.07) is 20.9. The molecule has 34 heavy (non-hydrogen) atoms. The zero-order chi connectivity index (χ0) is 23.7. The van der Waals surface area contributed by atoms with Crippen LogP contribution in [0, 0.1) is 6.92 Å². The number of rotatable bonds is 6. The van der Waals surface area contributed by atoms with Gasteiger partial charge in [-0.05, 0) is 42.8 Å². The zero-order valence-electron chi connectivity index (χ0n) is 18.6. The number of pyridine rings is 1. The molecule has 0 unspecified atom stereocenters. The highest BCUT2D eigenvalue weighted by Crippen LogP contribution is 2.33. The normalized spacial score (nSPS) is 11.1. The van der Waals surface area contributed by atoms with Crippen molar-refractivity contribution in [3.05, 3.63) is 106 Å². The number of hydrogen-bond donors (Lipinski definition) is 0. The first-order valence-corrected chi connectivity index (χ1v) is 12.0. The van der Waals surface area contributed by atoms with Crippen LogP contribution in [0.5, 0.6) is 0 Å². The van der Waals surface area contributed by atoms with E-state index in [2.05, 4.69) is 15.2 Å². The minimum atomic E-state index is -0.164. The fourth-order valence-corrected chi connectivity index (χ4v) is 4.92. The summed E-state index contributed by atoms with van der Waals surface area (Å²) in [5, 5.41) is 10.1. The molecule has 3 heterocycles. The molecule has 0 aliphatic carbocycles. The van der Waals surface area contributed by atoms with Gasteiger partial charge in [-0.3, -0.25) is 19.0 Å². The molecule has 7 nitrogen and oxygen atoms in total. The molecule has 9 heteroatoms. The Hall–Kier alpha value is -3.62. The first kappa shape index (κ1) is 22.2. The van der Waals surface area contributed by atoms with Gasteiger partial charge in [0.15, 0.2) is 11.0 Å². The molecule has 0 fully saturated rings. The molecule has 0 radical (unpaired) electrons. The third kappa shape index (κ3) is 3.95. The molecule has 0 saturated carbocycles. The van der Waals surface area contributed by atoms with Crippen molar-refractivity contribution < 1.29 is 0 Å². The quantitative estimate of drug-likeness (QED) is 0.312. The summed E-state index contributed by atoms with van der Waals surface area (Å²) in [4.78, 5) is 18.0. The molecule has 0 bridgehead atoms. The van der Waals surface area contributed by atoms with E-state index in [4.69, 9.17) is 11.6 Å². The average Bonchev–Trinajstić information content (AvgIpc) is 3.36. The molecule has 0 saturated heterocycles. The van der Waals surface area contributed by atoms with Crippen molar-refractivity contribution in [1.29, 1.82) is 0 Å². The second kappa shape index (κ2) is 9.32. The summed E-state index contributed by atoms with van der Waals surface area (Å²) in [7, 11) is 1.87. The van der Waals surface area contributed by atoms with Crippen LogP contribution in [0.3, 0.4) is 0 Å². The summed E-state index contributed by atoms with van der Waals surface area (Å²) in [6.07, 6.45) is 3.56. The Morgan fingerprint density at radius 3 is 2.47 bits per heavy atom. The highest BCUT2D eigenvalue weighted by Gasteiger charge is 2.25. The van der Waals surface area contributed by atoms with Crippen LogP contribution in [0.4, 0.5) is 0 Å². The van der Waals surface area contributed by atoms with Crippen LogP contribution in [-0.2, 0) is 12.8 Å². The number of halogens is 1. The number of benzene rings is 2. The van der Waals surface area contributed by atoms with Gasteiger partial charge >= 0.3 is 0 Å². The first-order chi connectivity index (χ1) is 16.6. The maximum absolute atomic E-state index is 13.8. The Bertz CT molecular complexity index is 1510. The number of para-hydroxylation sites is 1. The third-order valence-electron chi connectivity index (χ3n) is 5.59. The van der Waals surface area contributed by atoms with Crippen molar-refractivity contribution in [3.63, 3.8) is 0 Å². The van der Waals surface area contributed by atoms with Gasteiger partial charge in [0.25, 0.3) is 5.56 Å². The lowest BCUT2D eigenvalue weighted by atomic mass is 10.2. The molecule has 5 rings (SSSR count).